The van der Waals surface area contributed by atoms with Crippen LogP contribution in [0.1, 0.15) is 207 Å². The second kappa shape index (κ2) is 49.7. The number of thioether (sulfide) groups is 6. The molecule has 0 atom stereocenters. The molecule has 0 bridgehead atoms. The van der Waals surface area contributed by atoms with E-state index in [1.54, 1.807) is 174 Å². The highest BCUT2D eigenvalue weighted by Gasteiger charge is 2.25. The van der Waals surface area contributed by atoms with Crippen LogP contribution < -0.4 is 28.4 Å². The Morgan fingerprint density at radius 1 is 0.282 bits per heavy atom. The molecule has 23 nitrogen and oxygen atoms in total. The van der Waals surface area contributed by atoms with Gasteiger partial charge in [-0.1, -0.05) is 42.0 Å². The number of aryl methyl sites for hydroxylation is 1. The molecular formula is C101H90N4O19S7. The van der Waals surface area contributed by atoms with Crippen LogP contribution in [0, 0.1) is 6.92 Å². The zero-order chi connectivity index (χ0) is 91.6. The molecule has 6 aliphatic rings. The number of ether oxygens (including phenoxy) is 6. The molecule has 30 heteroatoms. The summed E-state index contributed by atoms with van der Waals surface area (Å²) in [5, 5.41) is 1.87. The van der Waals surface area contributed by atoms with Gasteiger partial charge in [0.25, 0.3) is 0 Å². The predicted octanol–water partition coefficient (Wildman–Crippen LogP) is 21.6. The van der Waals surface area contributed by atoms with Gasteiger partial charge < -0.3 is 32.8 Å². The van der Waals surface area contributed by atoms with E-state index in [4.69, 9.17) is 32.8 Å². The lowest BCUT2D eigenvalue weighted by atomic mass is 10.0. The molecule has 7 aromatic carbocycles. The first-order valence-corrected chi connectivity index (χ1v) is 49.1. The Morgan fingerprint density at radius 2 is 0.618 bits per heavy atom. The molecule has 0 unspecified atom stereocenters. The number of benzene rings is 7. The van der Waals surface area contributed by atoms with Crippen molar-refractivity contribution >= 4 is 151 Å². The topological polar surface area (TPSA) is 325 Å². The average molecular weight is 1890 g/mol. The van der Waals surface area contributed by atoms with Gasteiger partial charge >= 0.3 is 0 Å². The lowest BCUT2D eigenvalue weighted by Crippen LogP contribution is -2.10. The van der Waals surface area contributed by atoms with Gasteiger partial charge in [-0.2, -0.15) is 0 Å². The molecule has 11 heterocycles. The number of hydrogen-bond donors (Lipinski definition) is 0. The van der Waals surface area contributed by atoms with Gasteiger partial charge in [0.2, 0.25) is 0 Å². The van der Waals surface area contributed by atoms with Gasteiger partial charge in [0.1, 0.15) is 40.2 Å². The van der Waals surface area contributed by atoms with Gasteiger partial charge in [-0.05, 0) is 170 Å². The molecule has 0 amide bonds. The summed E-state index contributed by atoms with van der Waals surface area (Å²) in [4.78, 5) is 168. The highest BCUT2D eigenvalue weighted by molar-refractivity contribution is 8.00. The van der Waals surface area contributed by atoms with Crippen LogP contribution in [0.5, 0.6) is 34.5 Å². The average Bonchev–Trinajstić information content (AvgIpc) is 1.72. The Labute approximate surface area is 786 Å². The van der Waals surface area contributed by atoms with Crippen molar-refractivity contribution < 1.29 is 90.4 Å². The minimum atomic E-state index is -0.218. The molecule has 0 spiro atoms. The van der Waals surface area contributed by atoms with E-state index >= 15 is 0 Å². The van der Waals surface area contributed by atoms with Gasteiger partial charge in [-0.3, -0.25) is 67.5 Å². The number of nitrogens with zero attached hydrogens (tertiary/aromatic N) is 4. The standard InChI is InChI=1S/C19H18O3S.2C17H15NO3S.C16H14N2O3S.C16H14O4S.C16H14O3S2/c1-13-2-4-14(5-3-13)16(20)7-8-17(21)15-6-9-18-19(12-15)23-11-10-22-18;19-14(4-5-15(20)13-2-1-7-18-11-13)12-3-6-16-17(10-12)22-9-8-21-16;19-14(5-6-15(20)13-3-1-2-8-18-13)12-4-7-16-17(11-12)22-10-9-21-16;19-12(3-4-13(20)16-17-6-1-7-18-16)11-2-5-14-15(10-11)22-9-8-21-14;17-12(4-5-13(18)14-2-1-7-19-14)11-3-6-15-16(10-11)21-9-8-20-15;17-12(4-5-13(18)15-2-1-8-20-15)11-3-6-14-16(10-11)21-9-7-19-14/h2-6,9,12H,7-8,10-11H2,1H3;1-3,6-7,10-11H,4-5,8-9H2;1-4,7-8,11H,5-6,9-10H2;1-2,5-7,10H,3-4,8-9H2;1-3,6-7,10H,4-5,8-9H2;1-3,6,8,10H,4-5,7,9H2. The summed E-state index contributed by atoms with van der Waals surface area (Å²) in [7, 11) is 0. The fraction of sp³-hybridized carbons (Fsp3) is 0.248. The van der Waals surface area contributed by atoms with Crippen molar-refractivity contribution in [3.8, 4) is 34.5 Å². The summed E-state index contributed by atoms with van der Waals surface area (Å²) < 4.78 is 38.1. The number of furan rings is 1. The van der Waals surface area contributed by atoms with Crippen molar-refractivity contribution in [1.82, 2.24) is 19.9 Å². The Morgan fingerprint density at radius 3 is 0.954 bits per heavy atom. The fourth-order valence-electron chi connectivity index (χ4n) is 13.4. The molecular weight excluding hydrogens is 1800 g/mol. The molecule has 0 saturated heterocycles. The third kappa shape index (κ3) is 28.9. The molecule has 6 aliphatic heterocycles. The van der Waals surface area contributed by atoms with Crippen LogP contribution in [0.2, 0.25) is 0 Å². The van der Waals surface area contributed by atoms with Crippen molar-refractivity contribution in [2.24, 2.45) is 0 Å². The summed E-state index contributed by atoms with van der Waals surface area (Å²) in [6, 6.07) is 57.4. The Hall–Kier alpha value is -12.2. The lowest BCUT2D eigenvalue weighted by molar-refractivity contribution is 0.0902. The van der Waals surface area contributed by atoms with Crippen LogP contribution in [-0.2, 0) is 0 Å². The second-order valence-corrected chi connectivity index (χ2v) is 37.3. The van der Waals surface area contributed by atoms with Crippen LogP contribution in [0.4, 0.5) is 0 Å². The van der Waals surface area contributed by atoms with Crippen LogP contribution in [-0.4, -0.2) is 163 Å². The molecule has 131 heavy (non-hydrogen) atoms. The molecule has 18 rings (SSSR count). The summed E-state index contributed by atoms with van der Waals surface area (Å²) in [6.07, 6.45) is 11.6. The van der Waals surface area contributed by atoms with E-state index in [2.05, 4.69) is 19.9 Å². The maximum atomic E-state index is 12.3. The zero-order valence-corrected chi connectivity index (χ0v) is 77.1. The monoisotopic (exact) mass is 1890 g/mol. The SMILES string of the molecule is Cc1ccc(C(=O)CCC(=O)c2ccc3c(c2)SCCO3)cc1.O=C(CCC(=O)c1ccc2c(c1)SCCO2)c1cccnc1.O=C(CCC(=O)c1ccccn1)c1ccc2c(c1)SCCO2.O=C(CCC(=O)c1ccco1)c1ccc2c(c1)SCCO2.O=C(CCC(=O)c1cccs1)c1ccc2c(c1)SCCO2.O=C(CCC(=O)c1ncccn1)c1ccc2c(c1)SCCO2. The molecule has 0 fully saturated rings. The third-order valence-electron chi connectivity index (χ3n) is 20.4. The van der Waals surface area contributed by atoms with E-state index in [1.807, 2.05) is 115 Å². The number of ketones is 12. The quantitative estimate of drug-likeness (QED) is 0.0377. The minimum absolute atomic E-state index is 0.000523. The number of fused-ring (bicyclic) bond motifs is 6. The van der Waals surface area contributed by atoms with Crippen LogP contribution in [0.25, 0.3) is 0 Å². The molecule has 5 aromatic heterocycles. The fourth-order valence-corrected chi connectivity index (χ4v) is 19.3. The van der Waals surface area contributed by atoms with E-state index in [9.17, 15) is 57.5 Å². The van der Waals surface area contributed by atoms with Crippen molar-refractivity contribution in [2.75, 3.05) is 74.2 Å². The van der Waals surface area contributed by atoms with Gasteiger partial charge in [-0.25, -0.2) is 9.97 Å². The van der Waals surface area contributed by atoms with Gasteiger partial charge in [0.05, 0.1) is 80.2 Å². The number of thiophene rings is 1. The Bertz CT molecular complexity index is 5650. The minimum Gasteiger partial charge on any atom is -0.492 e. The normalized spacial score (nSPS) is 13.2. The molecule has 0 saturated carbocycles. The van der Waals surface area contributed by atoms with Gasteiger partial charge in [-0.15, -0.1) is 81.9 Å². The first-order chi connectivity index (χ1) is 63.8. The molecule has 12 aromatic rings. The van der Waals surface area contributed by atoms with E-state index in [0.29, 0.717) is 95.6 Å². The molecule has 0 radical (unpaired) electrons. The van der Waals surface area contributed by atoms with E-state index < -0.39 is 0 Å². The largest absolute Gasteiger partial charge is 0.492 e. The first-order valence-electron chi connectivity index (χ1n) is 42.3. The van der Waals surface area contributed by atoms with Gasteiger partial charge in [0.15, 0.2) is 81.0 Å². The first kappa shape index (κ1) is 96.4. The van der Waals surface area contributed by atoms with Crippen LogP contribution >= 0.6 is 81.9 Å². The highest BCUT2D eigenvalue weighted by Crippen LogP contribution is 2.40. The van der Waals surface area contributed by atoms with E-state index in [-0.39, 0.29) is 152 Å². The van der Waals surface area contributed by atoms with Gasteiger partial charge in [0, 0.05) is 187 Å². The van der Waals surface area contributed by atoms with Crippen molar-refractivity contribution in [3.63, 3.8) is 0 Å². The molecule has 0 aliphatic carbocycles. The molecule has 670 valence electrons. The Balaban J connectivity index is 0.000000134. The number of pyridine rings is 2. The second-order valence-electron chi connectivity index (χ2n) is 29.6. The Kier molecular flexibility index (Phi) is 36.6. The smallest absolute Gasteiger partial charge is 0.200 e. The van der Waals surface area contributed by atoms with Crippen LogP contribution in [0.3, 0.4) is 0 Å². The van der Waals surface area contributed by atoms with E-state index in [0.717, 1.165) is 109 Å². The molecule has 0 N–H and O–H groups in total. The number of carbonyl (C=O) groups excluding carboxylic acids is 12. The number of Topliss-reactive ketones (excluding diaryl/α,β-unsaturated/α-hetero) is 12. The lowest BCUT2D eigenvalue weighted by Gasteiger charge is -2.17. The van der Waals surface area contributed by atoms with Crippen molar-refractivity contribution in [3.05, 3.63) is 309 Å². The van der Waals surface area contributed by atoms with Crippen LogP contribution in [0.15, 0.2) is 271 Å². The summed E-state index contributed by atoms with van der Waals surface area (Å²) in [5.41, 5.74) is 6.54. The maximum Gasteiger partial charge on any atom is 0.200 e. The number of rotatable bonds is 30. The predicted molar refractivity (Wildman–Crippen MR) is 508 cm³/mol. The van der Waals surface area contributed by atoms with Crippen molar-refractivity contribution in [2.45, 2.75) is 113 Å². The maximum absolute atomic E-state index is 12.3. The number of aromatic nitrogens is 4. The zero-order valence-electron chi connectivity index (χ0n) is 71.4. The summed E-state index contributed by atoms with van der Waals surface area (Å²) in [6.45, 7) is 6.18. The summed E-state index contributed by atoms with van der Waals surface area (Å²) >= 11 is 11.6. The third-order valence-corrected chi connectivity index (χ3v) is 27.3. The highest BCUT2D eigenvalue weighted by atomic mass is 32.2. The van der Waals surface area contributed by atoms with E-state index in [1.165, 1.54) is 36.2 Å². The summed E-state index contributed by atoms with van der Waals surface area (Å²) in [5.74, 6) is 10.2. The van der Waals surface area contributed by atoms with Crippen molar-refractivity contribution in [1.29, 1.82) is 0 Å². The number of hydrogen-bond acceptors (Lipinski definition) is 30. The number of carbonyl (C=O) groups is 12.